The van der Waals surface area contributed by atoms with E-state index in [4.69, 9.17) is 10.2 Å². The van der Waals surface area contributed by atoms with E-state index in [-0.39, 0.29) is 0 Å². The minimum atomic E-state index is 0.515. The Morgan fingerprint density at radius 2 is 2.43 bits per heavy atom. The van der Waals surface area contributed by atoms with Crippen molar-refractivity contribution in [2.24, 2.45) is 5.73 Å². The minimum Gasteiger partial charge on any atom is -0.408 e. The van der Waals surface area contributed by atoms with E-state index < -0.39 is 0 Å². The van der Waals surface area contributed by atoms with Crippen molar-refractivity contribution in [1.82, 2.24) is 10.2 Å². The lowest BCUT2D eigenvalue weighted by molar-refractivity contribution is 0.481. The summed E-state index contributed by atoms with van der Waals surface area (Å²) < 4.78 is 5.50. The molecule has 2 heterocycles. The molecule has 14 heavy (non-hydrogen) atoms. The molecule has 0 bridgehead atoms. The van der Waals surface area contributed by atoms with Gasteiger partial charge >= 0.3 is 6.01 Å². The Kier molecular flexibility index (Phi) is 2.67. The number of anilines is 1. The fourth-order valence-corrected chi connectivity index (χ4v) is 1.80. The highest BCUT2D eigenvalue weighted by Crippen LogP contribution is 2.23. The zero-order valence-electron chi connectivity index (χ0n) is 8.44. The van der Waals surface area contributed by atoms with Crippen molar-refractivity contribution < 1.29 is 4.42 Å². The molecular formula is C9H16N4O. The first-order valence-electron chi connectivity index (χ1n) is 5.10. The second kappa shape index (κ2) is 3.96. The standard InChI is InChI=1S/C9H16N4O/c1-7-3-2-6-13(7)9-12-11-8(14-9)4-5-10/h7H,2-6,10H2,1H3. The lowest BCUT2D eigenvalue weighted by atomic mass is 10.2. The van der Waals surface area contributed by atoms with Crippen LogP contribution >= 0.6 is 0 Å². The molecule has 1 unspecified atom stereocenters. The summed E-state index contributed by atoms with van der Waals surface area (Å²) in [5, 5.41) is 7.97. The summed E-state index contributed by atoms with van der Waals surface area (Å²) in [5.74, 6) is 0.640. The monoisotopic (exact) mass is 196 g/mol. The molecule has 1 saturated heterocycles. The highest BCUT2D eigenvalue weighted by molar-refractivity contribution is 5.28. The van der Waals surface area contributed by atoms with Gasteiger partial charge < -0.3 is 15.1 Å². The molecule has 2 N–H and O–H groups in total. The Hall–Kier alpha value is -1.10. The van der Waals surface area contributed by atoms with E-state index in [9.17, 15) is 0 Å². The first-order valence-corrected chi connectivity index (χ1v) is 5.10. The lowest BCUT2D eigenvalue weighted by Gasteiger charge is -2.17. The molecule has 1 atom stereocenters. The molecule has 0 radical (unpaired) electrons. The fraction of sp³-hybridized carbons (Fsp3) is 0.778. The molecule has 1 aliphatic rings. The molecule has 0 saturated carbocycles. The molecule has 1 fully saturated rings. The predicted octanol–water partition coefficient (Wildman–Crippen LogP) is 0.560. The third-order valence-corrected chi connectivity index (χ3v) is 2.61. The summed E-state index contributed by atoms with van der Waals surface area (Å²) in [5.41, 5.74) is 5.41. The van der Waals surface area contributed by atoms with Gasteiger partial charge in [-0.2, -0.15) is 0 Å². The van der Waals surface area contributed by atoms with Gasteiger partial charge in [-0.3, -0.25) is 0 Å². The van der Waals surface area contributed by atoms with Crippen LogP contribution in [0.1, 0.15) is 25.7 Å². The van der Waals surface area contributed by atoms with Gasteiger partial charge in [0.15, 0.2) is 0 Å². The fourth-order valence-electron chi connectivity index (χ4n) is 1.80. The first kappa shape index (κ1) is 9.45. The summed E-state index contributed by atoms with van der Waals surface area (Å²) in [4.78, 5) is 2.16. The largest absolute Gasteiger partial charge is 0.408 e. The van der Waals surface area contributed by atoms with Crippen LogP contribution in [0.15, 0.2) is 4.42 Å². The van der Waals surface area contributed by atoms with Gasteiger partial charge in [0.25, 0.3) is 0 Å². The van der Waals surface area contributed by atoms with Crippen molar-refractivity contribution in [3.63, 3.8) is 0 Å². The van der Waals surface area contributed by atoms with Gasteiger partial charge in [0.1, 0.15) is 0 Å². The quantitative estimate of drug-likeness (QED) is 0.765. The Balaban J connectivity index is 2.08. The topological polar surface area (TPSA) is 68.2 Å². The minimum absolute atomic E-state index is 0.515. The van der Waals surface area contributed by atoms with Crippen LogP contribution in [0.4, 0.5) is 6.01 Å². The SMILES string of the molecule is CC1CCCN1c1nnc(CCN)o1. The molecule has 0 aromatic carbocycles. The van der Waals surface area contributed by atoms with E-state index in [1.807, 2.05) is 0 Å². The van der Waals surface area contributed by atoms with E-state index in [0.717, 1.165) is 6.54 Å². The molecule has 1 aromatic heterocycles. The molecule has 1 aliphatic heterocycles. The number of hydrogen-bond donors (Lipinski definition) is 1. The van der Waals surface area contributed by atoms with Gasteiger partial charge in [0.2, 0.25) is 5.89 Å². The van der Waals surface area contributed by atoms with Crippen LogP contribution < -0.4 is 10.6 Å². The summed E-state index contributed by atoms with van der Waals surface area (Å²) in [7, 11) is 0. The first-order chi connectivity index (χ1) is 6.81. The van der Waals surface area contributed by atoms with Crippen molar-refractivity contribution in [1.29, 1.82) is 0 Å². The van der Waals surface area contributed by atoms with Gasteiger partial charge in [0, 0.05) is 25.6 Å². The van der Waals surface area contributed by atoms with Crippen LogP contribution in [0, 0.1) is 0 Å². The van der Waals surface area contributed by atoms with Crippen molar-refractivity contribution in [3.8, 4) is 0 Å². The zero-order valence-corrected chi connectivity index (χ0v) is 8.44. The Morgan fingerprint density at radius 3 is 3.07 bits per heavy atom. The molecule has 5 nitrogen and oxygen atoms in total. The number of aromatic nitrogens is 2. The molecular weight excluding hydrogens is 180 g/mol. The van der Waals surface area contributed by atoms with Crippen LogP contribution in [-0.2, 0) is 6.42 Å². The lowest BCUT2D eigenvalue weighted by Crippen LogP contribution is -2.26. The number of nitrogens with two attached hydrogens (primary N) is 1. The molecule has 0 amide bonds. The van der Waals surface area contributed by atoms with E-state index in [1.54, 1.807) is 0 Å². The van der Waals surface area contributed by atoms with E-state index in [2.05, 4.69) is 22.0 Å². The smallest absolute Gasteiger partial charge is 0.318 e. The molecule has 1 aromatic rings. The average molecular weight is 196 g/mol. The molecule has 0 spiro atoms. The van der Waals surface area contributed by atoms with Crippen LogP contribution in [-0.4, -0.2) is 29.3 Å². The predicted molar refractivity (Wildman–Crippen MR) is 53.1 cm³/mol. The highest BCUT2D eigenvalue weighted by Gasteiger charge is 2.24. The van der Waals surface area contributed by atoms with Crippen LogP contribution in [0.5, 0.6) is 0 Å². The second-order valence-electron chi connectivity index (χ2n) is 3.70. The maximum atomic E-state index is 5.50. The highest BCUT2D eigenvalue weighted by atomic mass is 16.4. The maximum Gasteiger partial charge on any atom is 0.318 e. The average Bonchev–Trinajstić information content (AvgIpc) is 2.74. The Bertz CT molecular complexity index is 299. The third-order valence-electron chi connectivity index (χ3n) is 2.61. The Morgan fingerprint density at radius 1 is 1.57 bits per heavy atom. The van der Waals surface area contributed by atoms with Crippen molar-refractivity contribution in [2.45, 2.75) is 32.2 Å². The number of nitrogens with zero attached hydrogens (tertiary/aromatic N) is 3. The number of rotatable bonds is 3. The van der Waals surface area contributed by atoms with Crippen molar-refractivity contribution in [2.75, 3.05) is 18.0 Å². The normalized spacial score (nSPS) is 21.9. The van der Waals surface area contributed by atoms with Crippen LogP contribution in [0.3, 0.4) is 0 Å². The number of hydrogen-bond acceptors (Lipinski definition) is 5. The van der Waals surface area contributed by atoms with Gasteiger partial charge in [0.05, 0.1) is 0 Å². The summed E-state index contributed by atoms with van der Waals surface area (Å²) >= 11 is 0. The molecule has 78 valence electrons. The maximum absolute atomic E-state index is 5.50. The van der Waals surface area contributed by atoms with E-state index >= 15 is 0 Å². The van der Waals surface area contributed by atoms with Gasteiger partial charge in [-0.1, -0.05) is 5.10 Å². The second-order valence-corrected chi connectivity index (χ2v) is 3.70. The van der Waals surface area contributed by atoms with Crippen LogP contribution in [0.2, 0.25) is 0 Å². The molecule has 5 heteroatoms. The van der Waals surface area contributed by atoms with Gasteiger partial charge in [-0.05, 0) is 19.8 Å². The summed E-state index contributed by atoms with van der Waals surface area (Å²) in [6, 6.07) is 1.17. The summed E-state index contributed by atoms with van der Waals surface area (Å²) in [6.45, 7) is 3.75. The van der Waals surface area contributed by atoms with Gasteiger partial charge in [-0.25, -0.2) is 0 Å². The van der Waals surface area contributed by atoms with E-state index in [0.29, 0.717) is 30.9 Å². The molecule has 0 aliphatic carbocycles. The Labute approximate surface area is 83.3 Å². The van der Waals surface area contributed by atoms with E-state index in [1.165, 1.54) is 12.8 Å². The van der Waals surface area contributed by atoms with Crippen molar-refractivity contribution >= 4 is 6.01 Å². The third kappa shape index (κ3) is 1.72. The zero-order chi connectivity index (χ0) is 9.97. The molecule has 2 rings (SSSR count). The summed E-state index contributed by atoms with van der Waals surface area (Å²) in [6.07, 6.45) is 3.07. The van der Waals surface area contributed by atoms with Crippen molar-refractivity contribution in [3.05, 3.63) is 5.89 Å². The van der Waals surface area contributed by atoms with Gasteiger partial charge in [-0.15, -0.1) is 5.10 Å². The van der Waals surface area contributed by atoms with Crippen LogP contribution in [0.25, 0.3) is 0 Å².